The van der Waals surface area contributed by atoms with Crippen LogP contribution in [0.3, 0.4) is 0 Å². The largest absolute Gasteiger partial charge is 0.380 e. The Hall–Kier alpha value is -1.13. The molecule has 0 radical (unpaired) electrons. The first-order valence-corrected chi connectivity index (χ1v) is 6.76. The van der Waals surface area contributed by atoms with Gasteiger partial charge in [0.15, 0.2) is 0 Å². The van der Waals surface area contributed by atoms with E-state index in [0.29, 0.717) is 0 Å². The molecule has 0 aromatic carbocycles. The summed E-state index contributed by atoms with van der Waals surface area (Å²) in [7, 11) is 2.09. The van der Waals surface area contributed by atoms with Crippen LogP contribution in [0, 0.1) is 0 Å². The summed E-state index contributed by atoms with van der Waals surface area (Å²) in [4.78, 5) is 6.44. The Morgan fingerprint density at radius 1 is 1.50 bits per heavy atom. The molecule has 0 unspecified atom stereocenters. The SMILES string of the molecule is CCOCCN(C)c1cnccc1CNC1CC1. The number of rotatable bonds is 8. The molecule has 1 aromatic heterocycles. The predicted molar refractivity (Wildman–Crippen MR) is 73.9 cm³/mol. The van der Waals surface area contributed by atoms with Crippen molar-refractivity contribution >= 4 is 5.69 Å². The average molecular weight is 249 g/mol. The Morgan fingerprint density at radius 2 is 2.33 bits per heavy atom. The molecule has 0 saturated heterocycles. The van der Waals surface area contributed by atoms with Gasteiger partial charge in [-0.15, -0.1) is 0 Å². The first kappa shape index (κ1) is 13.3. The molecule has 2 rings (SSSR count). The van der Waals surface area contributed by atoms with Gasteiger partial charge in [-0.1, -0.05) is 0 Å². The Morgan fingerprint density at radius 3 is 3.06 bits per heavy atom. The second-order valence-electron chi connectivity index (χ2n) is 4.78. The smallest absolute Gasteiger partial charge is 0.0641 e. The number of aromatic nitrogens is 1. The Balaban J connectivity index is 1.91. The van der Waals surface area contributed by atoms with E-state index in [2.05, 4.69) is 28.3 Å². The normalized spacial score (nSPS) is 14.8. The number of anilines is 1. The van der Waals surface area contributed by atoms with E-state index in [-0.39, 0.29) is 0 Å². The van der Waals surface area contributed by atoms with Gasteiger partial charge >= 0.3 is 0 Å². The van der Waals surface area contributed by atoms with E-state index < -0.39 is 0 Å². The highest BCUT2D eigenvalue weighted by atomic mass is 16.5. The van der Waals surface area contributed by atoms with Crippen molar-refractivity contribution in [2.75, 3.05) is 31.7 Å². The first-order valence-electron chi connectivity index (χ1n) is 6.76. The first-order chi connectivity index (χ1) is 8.81. The maximum Gasteiger partial charge on any atom is 0.0641 e. The molecule has 4 nitrogen and oxygen atoms in total. The van der Waals surface area contributed by atoms with Gasteiger partial charge in [-0.05, 0) is 31.4 Å². The standard InChI is InChI=1S/C14H23N3O/c1-3-18-9-8-17(2)14-11-15-7-6-12(14)10-16-13-4-5-13/h6-7,11,13,16H,3-5,8-10H2,1-2H3. The fourth-order valence-electron chi connectivity index (χ4n) is 1.92. The summed E-state index contributed by atoms with van der Waals surface area (Å²) in [5.74, 6) is 0. The summed E-state index contributed by atoms with van der Waals surface area (Å²) in [6.07, 6.45) is 6.45. The van der Waals surface area contributed by atoms with Gasteiger partial charge in [0.1, 0.15) is 0 Å². The molecule has 1 aliphatic rings. The lowest BCUT2D eigenvalue weighted by Gasteiger charge is -2.22. The topological polar surface area (TPSA) is 37.4 Å². The number of ether oxygens (including phenoxy) is 1. The number of pyridine rings is 1. The Labute approximate surface area is 109 Å². The molecule has 1 N–H and O–H groups in total. The number of hydrogen-bond donors (Lipinski definition) is 1. The number of nitrogens with one attached hydrogen (secondary N) is 1. The van der Waals surface area contributed by atoms with Gasteiger partial charge in [0, 0.05) is 39.0 Å². The zero-order chi connectivity index (χ0) is 12.8. The lowest BCUT2D eigenvalue weighted by molar-refractivity contribution is 0.154. The summed E-state index contributed by atoms with van der Waals surface area (Å²) in [6.45, 7) is 5.39. The molecule has 0 amide bonds. The van der Waals surface area contributed by atoms with Gasteiger partial charge < -0.3 is 15.0 Å². The van der Waals surface area contributed by atoms with Crippen molar-refractivity contribution in [2.45, 2.75) is 32.4 Å². The van der Waals surface area contributed by atoms with Crippen molar-refractivity contribution in [1.82, 2.24) is 10.3 Å². The van der Waals surface area contributed by atoms with Crippen molar-refractivity contribution < 1.29 is 4.74 Å². The molecule has 1 heterocycles. The third-order valence-corrected chi connectivity index (χ3v) is 3.23. The van der Waals surface area contributed by atoms with Crippen molar-refractivity contribution in [3.8, 4) is 0 Å². The van der Waals surface area contributed by atoms with Gasteiger partial charge in [0.2, 0.25) is 0 Å². The second kappa shape index (κ2) is 6.71. The Kier molecular flexibility index (Phi) is 4.96. The van der Waals surface area contributed by atoms with Gasteiger partial charge in [0.25, 0.3) is 0 Å². The zero-order valence-corrected chi connectivity index (χ0v) is 11.4. The maximum absolute atomic E-state index is 5.40. The van der Waals surface area contributed by atoms with E-state index >= 15 is 0 Å². The van der Waals surface area contributed by atoms with E-state index in [4.69, 9.17) is 4.74 Å². The van der Waals surface area contributed by atoms with E-state index in [1.165, 1.54) is 24.1 Å². The van der Waals surface area contributed by atoms with Crippen LogP contribution in [0.5, 0.6) is 0 Å². The minimum absolute atomic E-state index is 0.736. The highest BCUT2D eigenvalue weighted by Crippen LogP contribution is 2.22. The highest BCUT2D eigenvalue weighted by molar-refractivity contribution is 5.51. The number of hydrogen-bond acceptors (Lipinski definition) is 4. The molecule has 100 valence electrons. The molecular weight excluding hydrogens is 226 g/mol. The minimum atomic E-state index is 0.736. The van der Waals surface area contributed by atoms with Crippen molar-refractivity contribution in [3.63, 3.8) is 0 Å². The van der Waals surface area contributed by atoms with Crippen molar-refractivity contribution in [2.24, 2.45) is 0 Å². The van der Waals surface area contributed by atoms with Crippen molar-refractivity contribution in [1.29, 1.82) is 0 Å². The third kappa shape index (κ3) is 3.96. The van der Waals surface area contributed by atoms with Crippen molar-refractivity contribution in [3.05, 3.63) is 24.0 Å². The molecule has 1 aromatic rings. The summed E-state index contributed by atoms with van der Waals surface area (Å²) in [5, 5.41) is 3.55. The van der Waals surface area contributed by atoms with Crippen LogP contribution < -0.4 is 10.2 Å². The lowest BCUT2D eigenvalue weighted by Crippen LogP contribution is -2.25. The molecule has 0 atom stereocenters. The van der Waals surface area contributed by atoms with Gasteiger partial charge in [0.05, 0.1) is 18.5 Å². The molecule has 1 aliphatic carbocycles. The summed E-state index contributed by atoms with van der Waals surface area (Å²) in [6, 6.07) is 2.83. The van der Waals surface area contributed by atoms with Crippen LogP contribution in [0.4, 0.5) is 5.69 Å². The summed E-state index contributed by atoms with van der Waals surface area (Å²) in [5.41, 5.74) is 2.52. The molecule has 0 aliphatic heterocycles. The lowest BCUT2D eigenvalue weighted by atomic mass is 10.2. The number of nitrogens with zero attached hydrogens (tertiary/aromatic N) is 2. The highest BCUT2D eigenvalue weighted by Gasteiger charge is 2.20. The zero-order valence-electron chi connectivity index (χ0n) is 11.4. The predicted octanol–water partition coefficient (Wildman–Crippen LogP) is 1.81. The van der Waals surface area contributed by atoms with Gasteiger partial charge in [-0.3, -0.25) is 4.98 Å². The van der Waals surface area contributed by atoms with E-state index in [1.54, 1.807) is 0 Å². The molecule has 0 spiro atoms. The Bertz CT molecular complexity index is 366. The molecule has 18 heavy (non-hydrogen) atoms. The van der Waals surface area contributed by atoms with E-state index in [0.717, 1.165) is 32.3 Å². The second-order valence-corrected chi connectivity index (χ2v) is 4.78. The van der Waals surface area contributed by atoms with Crippen LogP contribution in [-0.4, -0.2) is 37.8 Å². The van der Waals surface area contributed by atoms with Crippen LogP contribution in [0.15, 0.2) is 18.5 Å². The van der Waals surface area contributed by atoms with E-state index in [1.807, 2.05) is 19.3 Å². The molecule has 0 bridgehead atoms. The fourth-order valence-corrected chi connectivity index (χ4v) is 1.92. The molecule has 1 fully saturated rings. The van der Waals surface area contributed by atoms with E-state index in [9.17, 15) is 0 Å². The van der Waals surface area contributed by atoms with Crippen LogP contribution in [-0.2, 0) is 11.3 Å². The average Bonchev–Trinajstić information content (AvgIpc) is 3.21. The molecular formula is C14H23N3O. The molecule has 4 heteroatoms. The van der Waals surface area contributed by atoms with Crippen LogP contribution in [0.25, 0.3) is 0 Å². The summed E-state index contributed by atoms with van der Waals surface area (Å²) < 4.78 is 5.40. The number of likely N-dealkylation sites (N-methyl/N-ethyl adjacent to an activating group) is 1. The van der Waals surface area contributed by atoms with Gasteiger partial charge in [-0.25, -0.2) is 0 Å². The van der Waals surface area contributed by atoms with Crippen LogP contribution in [0.2, 0.25) is 0 Å². The van der Waals surface area contributed by atoms with Crippen LogP contribution >= 0.6 is 0 Å². The minimum Gasteiger partial charge on any atom is -0.380 e. The fraction of sp³-hybridized carbons (Fsp3) is 0.643. The molecule has 1 saturated carbocycles. The van der Waals surface area contributed by atoms with Crippen LogP contribution in [0.1, 0.15) is 25.3 Å². The third-order valence-electron chi connectivity index (χ3n) is 3.23. The summed E-state index contributed by atoms with van der Waals surface area (Å²) >= 11 is 0. The quantitative estimate of drug-likeness (QED) is 0.713. The van der Waals surface area contributed by atoms with Gasteiger partial charge in [-0.2, -0.15) is 0 Å². The monoisotopic (exact) mass is 249 g/mol. The maximum atomic E-state index is 5.40.